The molecule has 0 aromatic heterocycles. The summed E-state index contributed by atoms with van der Waals surface area (Å²) < 4.78 is 0. The summed E-state index contributed by atoms with van der Waals surface area (Å²) in [6, 6.07) is 23.9. The third-order valence-corrected chi connectivity index (χ3v) is 6.43. The van der Waals surface area contributed by atoms with Crippen molar-refractivity contribution in [1.82, 2.24) is 0 Å². The van der Waals surface area contributed by atoms with Crippen LogP contribution in [0.4, 0.5) is 17.1 Å². The Hall–Kier alpha value is -4.00. The van der Waals surface area contributed by atoms with Gasteiger partial charge in [-0.3, -0.25) is 19.7 Å². The number of rotatable bonds is 7. The molecule has 0 radical (unpaired) electrons. The molecule has 5 rings (SSSR count). The minimum atomic E-state index is -0.533. The number of benzene rings is 3. The Morgan fingerprint density at radius 1 is 0.758 bits per heavy atom. The van der Waals surface area contributed by atoms with Crippen LogP contribution in [0.2, 0.25) is 0 Å². The van der Waals surface area contributed by atoms with Crippen molar-refractivity contribution in [2.75, 3.05) is 10.6 Å². The molecule has 2 saturated carbocycles. The van der Waals surface area contributed by atoms with Gasteiger partial charge < -0.3 is 10.6 Å². The lowest BCUT2D eigenvalue weighted by Crippen LogP contribution is -2.17. The van der Waals surface area contributed by atoms with Crippen LogP contribution in [0.15, 0.2) is 78.9 Å². The van der Waals surface area contributed by atoms with Gasteiger partial charge in [0.05, 0.1) is 4.92 Å². The molecule has 3 aromatic carbocycles. The maximum Gasteiger partial charge on any atom is 0.292 e. The zero-order valence-electron chi connectivity index (χ0n) is 17.8. The van der Waals surface area contributed by atoms with Crippen LogP contribution in [0, 0.1) is 22.0 Å². The average molecular weight is 441 g/mol. The van der Waals surface area contributed by atoms with Crippen LogP contribution in [0.1, 0.15) is 35.8 Å². The van der Waals surface area contributed by atoms with Gasteiger partial charge in [0.1, 0.15) is 5.69 Å². The van der Waals surface area contributed by atoms with E-state index in [2.05, 4.69) is 10.6 Å². The highest BCUT2D eigenvalue weighted by atomic mass is 16.6. The number of nitro groups is 1. The molecule has 0 saturated heterocycles. The van der Waals surface area contributed by atoms with Crippen molar-refractivity contribution in [3.63, 3.8) is 0 Å². The number of hydrogen-bond acceptors (Lipinski definition) is 4. The van der Waals surface area contributed by atoms with Crippen LogP contribution in [0.5, 0.6) is 0 Å². The predicted octanol–water partition coefficient (Wildman–Crippen LogP) is 5.08. The first-order valence-corrected chi connectivity index (χ1v) is 11.0. The number of amides is 2. The van der Waals surface area contributed by atoms with E-state index in [4.69, 9.17) is 0 Å². The van der Waals surface area contributed by atoms with Crippen molar-refractivity contribution < 1.29 is 14.5 Å². The molecule has 7 nitrogen and oxygen atoms in total. The highest BCUT2D eigenvalue weighted by molar-refractivity contribution is 5.99. The molecule has 4 atom stereocenters. The van der Waals surface area contributed by atoms with Crippen LogP contribution >= 0.6 is 0 Å². The quantitative estimate of drug-likeness (QED) is 0.394. The normalized spacial score (nSPS) is 22.8. The van der Waals surface area contributed by atoms with E-state index in [9.17, 15) is 19.7 Å². The molecule has 2 aliphatic rings. The first kappa shape index (κ1) is 20.9. The van der Waals surface area contributed by atoms with Gasteiger partial charge in [-0.1, -0.05) is 60.7 Å². The highest BCUT2D eigenvalue weighted by Crippen LogP contribution is 2.49. The Balaban J connectivity index is 1.26. The molecule has 166 valence electrons. The Labute approximate surface area is 191 Å². The van der Waals surface area contributed by atoms with E-state index in [0.29, 0.717) is 12.1 Å². The number of carbonyl (C=O) groups is 2. The topological polar surface area (TPSA) is 101 Å². The largest absolute Gasteiger partial charge is 0.326 e. The predicted molar refractivity (Wildman–Crippen MR) is 125 cm³/mol. The van der Waals surface area contributed by atoms with Crippen molar-refractivity contribution in [2.24, 2.45) is 11.8 Å². The summed E-state index contributed by atoms with van der Waals surface area (Å²) in [4.78, 5) is 36.4. The van der Waals surface area contributed by atoms with E-state index >= 15 is 0 Å². The SMILES string of the molecule is O=C(Nc1ccc([N+](=O)[O-])c(NC(=O)[C@@H]2C[C@@H]2c2ccccc2)c1)[C@H]1C[C@H]1c1ccccc1. The van der Waals surface area contributed by atoms with Crippen molar-refractivity contribution in [3.05, 3.63) is 100 Å². The first-order valence-electron chi connectivity index (χ1n) is 11.0. The van der Waals surface area contributed by atoms with E-state index in [1.54, 1.807) is 0 Å². The summed E-state index contributed by atoms with van der Waals surface area (Å²) in [6.45, 7) is 0. The smallest absolute Gasteiger partial charge is 0.292 e. The van der Waals surface area contributed by atoms with Crippen molar-refractivity contribution >= 4 is 28.9 Å². The fourth-order valence-corrected chi connectivity index (χ4v) is 4.44. The molecule has 2 N–H and O–H groups in total. The van der Waals surface area contributed by atoms with E-state index in [1.807, 2.05) is 60.7 Å². The molecular weight excluding hydrogens is 418 g/mol. The van der Waals surface area contributed by atoms with Crippen molar-refractivity contribution in [1.29, 1.82) is 0 Å². The number of nitrogens with zero attached hydrogens (tertiary/aromatic N) is 1. The van der Waals surface area contributed by atoms with Gasteiger partial charge in [0.15, 0.2) is 0 Å². The second-order valence-electron chi connectivity index (χ2n) is 8.69. The van der Waals surface area contributed by atoms with Gasteiger partial charge in [-0.2, -0.15) is 0 Å². The summed E-state index contributed by atoms with van der Waals surface area (Å²) >= 11 is 0. The second kappa shape index (κ2) is 8.50. The average Bonchev–Trinajstić information content (AvgIpc) is 3.74. The third-order valence-electron chi connectivity index (χ3n) is 6.43. The molecule has 2 fully saturated rings. The molecule has 0 unspecified atom stereocenters. The monoisotopic (exact) mass is 441 g/mol. The maximum absolute atomic E-state index is 12.8. The van der Waals surface area contributed by atoms with Crippen LogP contribution in [-0.2, 0) is 9.59 Å². The number of anilines is 2. The molecule has 3 aromatic rings. The Bertz CT molecular complexity index is 1210. The van der Waals surface area contributed by atoms with Gasteiger partial charge in [-0.15, -0.1) is 0 Å². The first-order chi connectivity index (χ1) is 16.0. The van der Waals surface area contributed by atoms with Crippen LogP contribution < -0.4 is 10.6 Å². The van der Waals surface area contributed by atoms with E-state index in [-0.39, 0.29) is 46.9 Å². The zero-order chi connectivity index (χ0) is 22.9. The van der Waals surface area contributed by atoms with Crippen LogP contribution in [-0.4, -0.2) is 16.7 Å². The number of nitrogens with one attached hydrogen (secondary N) is 2. The number of nitro benzene ring substituents is 1. The fourth-order valence-electron chi connectivity index (χ4n) is 4.44. The van der Waals surface area contributed by atoms with Gasteiger partial charge in [0, 0.05) is 23.6 Å². The molecule has 0 bridgehead atoms. The number of hydrogen-bond donors (Lipinski definition) is 2. The summed E-state index contributed by atoms with van der Waals surface area (Å²) in [5, 5.41) is 17.1. The standard InChI is InChI=1S/C26H23N3O4/c30-25(21-14-19(21)16-7-3-1-4-8-16)27-18-11-12-24(29(32)33)23(13-18)28-26(31)22-15-20(22)17-9-5-2-6-10-17/h1-13,19-22H,14-15H2,(H,27,30)(H,28,31)/t19-,20+,21-,22+/m0/s1. The van der Waals surface area contributed by atoms with Crippen LogP contribution in [0.25, 0.3) is 0 Å². The lowest BCUT2D eigenvalue weighted by atomic mass is 10.1. The summed E-state index contributed by atoms with van der Waals surface area (Å²) in [5.74, 6) is -0.406. The lowest BCUT2D eigenvalue weighted by molar-refractivity contribution is -0.383. The molecule has 33 heavy (non-hydrogen) atoms. The van der Waals surface area contributed by atoms with Gasteiger partial charge in [-0.05, 0) is 47.9 Å². The maximum atomic E-state index is 12.8. The Morgan fingerprint density at radius 2 is 1.27 bits per heavy atom. The zero-order valence-corrected chi connectivity index (χ0v) is 17.8. The van der Waals surface area contributed by atoms with Gasteiger partial charge in [0.2, 0.25) is 11.8 Å². The number of carbonyl (C=O) groups excluding carboxylic acids is 2. The van der Waals surface area contributed by atoms with Gasteiger partial charge in [-0.25, -0.2) is 0 Å². The Kier molecular flexibility index (Phi) is 5.38. The molecular formula is C26H23N3O4. The van der Waals surface area contributed by atoms with Crippen molar-refractivity contribution in [3.8, 4) is 0 Å². The summed E-state index contributed by atoms with van der Waals surface area (Å²) in [7, 11) is 0. The third kappa shape index (κ3) is 4.48. The second-order valence-corrected chi connectivity index (χ2v) is 8.69. The van der Waals surface area contributed by atoms with E-state index < -0.39 is 4.92 Å². The molecule has 0 heterocycles. The lowest BCUT2D eigenvalue weighted by Gasteiger charge is -2.10. The summed E-state index contributed by atoms with van der Waals surface area (Å²) in [5.41, 5.74) is 2.54. The fraction of sp³-hybridized carbons (Fsp3) is 0.231. The van der Waals surface area contributed by atoms with E-state index in [1.165, 1.54) is 18.2 Å². The molecule has 0 aliphatic heterocycles. The van der Waals surface area contributed by atoms with E-state index in [0.717, 1.165) is 17.5 Å². The van der Waals surface area contributed by atoms with Gasteiger partial charge in [0.25, 0.3) is 5.69 Å². The highest BCUT2D eigenvalue weighted by Gasteiger charge is 2.45. The molecule has 2 aliphatic carbocycles. The van der Waals surface area contributed by atoms with Crippen LogP contribution in [0.3, 0.4) is 0 Å². The molecule has 0 spiro atoms. The van der Waals surface area contributed by atoms with Crippen molar-refractivity contribution in [2.45, 2.75) is 24.7 Å². The molecule has 7 heteroatoms. The summed E-state index contributed by atoms with van der Waals surface area (Å²) in [6.07, 6.45) is 1.48. The minimum absolute atomic E-state index is 0.0944. The molecule has 2 amide bonds. The minimum Gasteiger partial charge on any atom is -0.326 e. The Morgan fingerprint density at radius 3 is 1.79 bits per heavy atom. The van der Waals surface area contributed by atoms with Gasteiger partial charge >= 0.3 is 0 Å².